The quantitative estimate of drug-likeness (QED) is 0.438. The molecule has 2 aromatic rings. The molecule has 0 aromatic heterocycles. The third-order valence-electron chi connectivity index (χ3n) is 5.70. The van der Waals surface area contributed by atoms with Crippen LogP contribution in [0.1, 0.15) is 57.6 Å². The van der Waals surface area contributed by atoms with Gasteiger partial charge < -0.3 is 19.7 Å². The van der Waals surface area contributed by atoms with E-state index in [1.54, 1.807) is 12.0 Å². The van der Waals surface area contributed by atoms with Crippen LogP contribution in [0.3, 0.4) is 0 Å². The van der Waals surface area contributed by atoms with Gasteiger partial charge in [0, 0.05) is 19.0 Å². The van der Waals surface area contributed by atoms with Gasteiger partial charge in [0.2, 0.25) is 11.8 Å². The van der Waals surface area contributed by atoms with E-state index in [9.17, 15) is 9.59 Å². The second-order valence-electron chi connectivity index (χ2n) is 8.38. The monoisotopic (exact) mass is 454 g/mol. The van der Waals surface area contributed by atoms with Gasteiger partial charge in [-0.1, -0.05) is 43.7 Å². The van der Waals surface area contributed by atoms with Crippen LogP contribution in [0.4, 0.5) is 0 Å². The van der Waals surface area contributed by atoms with E-state index in [0.717, 1.165) is 23.5 Å². The van der Waals surface area contributed by atoms with Crippen LogP contribution in [0, 0.1) is 6.92 Å². The molecule has 0 heterocycles. The predicted molar refractivity (Wildman–Crippen MR) is 131 cm³/mol. The van der Waals surface area contributed by atoms with E-state index in [1.807, 2.05) is 76.2 Å². The van der Waals surface area contributed by atoms with E-state index in [1.165, 1.54) is 5.56 Å². The summed E-state index contributed by atoms with van der Waals surface area (Å²) < 4.78 is 11.1. The van der Waals surface area contributed by atoms with Crippen LogP contribution < -0.4 is 14.8 Å². The molecule has 6 nitrogen and oxygen atoms in total. The minimum atomic E-state index is -0.532. The lowest BCUT2D eigenvalue weighted by Gasteiger charge is -2.31. The topological polar surface area (TPSA) is 67.9 Å². The fourth-order valence-corrected chi connectivity index (χ4v) is 3.52. The van der Waals surface area contributed by atoms with Gasteiger partial charge in [-0.05, 0) is 62.9 Å². The highest BCUT2D eigenvalue weighted by molar-refractivity contribution is 5.87. The van der Waals surface area contributed by atoms with Crippen LogP contribution in [0.25, 0.3) is 0 Å². The maximum absolute atomic E-state index is 13.3. The molecular formula is C27H38N2O4. The van der Waals surface area contributed by atoms with Crippen LogP contribution in [-0.4, -0.2) is 42.5 Å². The van der Waals surface area contributed by atoms with Gasteiger partial charge in [-0.15, -0.1) is 0 Å². The Hall–Kier alpha value is -3.02. The number of carbonyl (C=O) groups excluding carboxylic acids is 2. The Morgan fingerprint density at radius 2 is 1.76 bits per heavy atom. The molecule has 0 aliphatic rings. The molecule has 0 bridgehead atoms. The van der Waals surface area contributed by atoms with E-state index < -0.39 is 6.04 Å². The molecule has 0 radical (unpaired) electrons. The molecule has 0 fully saturated rings. The Morgan fingerprint density at radius 3 is 2.39 bits per heavy atom. The molecule has 0 aliphatic heterocycles. The lowest BCUT2D eigenvalue weighted by Crippen LogP contribution is -2.50. The maximum atomic E-state index is 13.3. The van der Waals surface area contributed by atoms with Crippen molar-refractivity contribution < 1.29 is 19.1 Å². The Balaban J connectivity index is 2.09. The Labute approximate surface area is 198 Å². The highest BCUT2D eigenvalue weighted by Gasteiger charge is 2.29. The normalized spacial score (nSPS) is 12.5. The molecule has 0 aliphatic carbocycles. The van der Waals surface area contributed by atoms with Gasteiger partial charge in [-0.25, -0.2) is 0 Å². The zero-order chi connectivity index (χ0) is 24.2. The van der Waals surface area contributed by atoms with Gasteiger partial charge in [0.1, 0.15) is 17.5 Å². The Bertz CT molecular complexity index is 882. The van der Waals surface area contributed by atoms with Crippen LogP contribution in [0.15, 0.2) is 48.5 Å². The first kappa shape index (κ1) is 26.2. The summed E-state index contributed by atoms with van der Waals surface area (Å²) in [5, 5.41) is 3.04. The number of hydrogen-bond acceptors (Lipinski definition) is 4. The molecule has 1 N–H and O–H groups in total. The largest absolute Gasteiger partial charge is 0.497 e. The molecule has 6 heteroatoms. The smallest absolute Gasteiger partial charge is 0.243 e. The van der Waals surface area contributed by atoms with Crippen LogP contribution in [0.5, 0.6) is 11.5 Å². The number of hydrogen-bond donors (Lipinski definition) is 1. The summed E-state index contributed by atoms with van der Waals surface area (Å²) in [5.74, 6) is 1.35. The number of carbonyl (C=O) groups is 2. The van der Waals surface area contributed by atoms with Crippen LogP contribution in [0.2, 0.25) is 0 Å². The van der Waals surface area contributed by atoms with Crippen LogP contribution >= 0.6 is 0 Å². The number of methoxy groups -OCH3 is 1. The van der Waals surface area contributed by atoms with Crippen molar-refractivity contribution in [1.82, 2.24) is 10.2 Å². The summed E-state index contributed by atoms with van der Waals surface area (Å²) in [6.45, 7) is 8.76. The van der Waals surface area contributed by atoms with Gasteiger partial charge in [0.15, 0.2) is 0 Å². The van der Waals surface area contributed by atoms with Crippen molar-refractivity contribution in [1.29, 1.82) is 0 Å². The van der Waals surface area contributed by atoms with E-state index in [-0.39, 0.29) is 17.9 Å². The molecule has 2 atom stereocenters. The zero-order valence-electron chi connectivity index (χ0n) is 20.6. The molecule has 2 rings (SSSR count). The maximum Gasteiger partial charge on any atom is 0.243 e. The second-order valence-corrected chi connectivity index (χ2v) is 8.38. The Kier molecular flexibility index (Phi) is 10.7. The number of benzene rings is 2. The van der Waals surface area contributed by atoms with Gasteiger partial charge in [-0.2, -0.15) is 0 Å². The zero-order valence-corrected chi connectivity index (χ0v) is 20.6. The van der Waals surface area contributed by atoms with Crippen molar-refractivity contribution in [2.45, 2.75) is 72.0 Å². The van der Waals surface area contributed by atoms with Crippen molar-refractivity contribution in [3.63, 3.8) is 0 Å². The molecule has 180 valence electrons. The first-order chi connectivity index (χ1) is 15.9. The summed E-state index contributed by atoms with van der Waals surface area (Å²) in [6.07, 6.45) is 2.26. The molecule has 2 aromatic carbocycles. The van der Waals surface area contributed by atoms with E-state index in [0.29, 0.717) is 32.4 Å². The number of nitrogens with one attached hydrogen (secondary N) is 1. The van der Waals surface area contributed by atoms with Crippen LogP contribution in [-0.2, 0) is 16.1 Å². The molecule has 0 saturated carbocycles. The van der Waals surface area contributed by atoms with Gasteiger partial charge in [-0.3, -0.25) is 9.59 Å². The first-order valence-corrected chi connectivity index (χ1v) is 11.8. The van der Waals surface area contributed by atoms with Gasteiger partial charge in [0.25, 0.3) is 0 Å². The van der Waals surface area contributed by atoms with E-state index in [4.69, 9.17) is 9.47 Å². The van der Waals surface area contributed by atoms with Crippen molar-refractivity contribution in [2.24, 2.45) is 0 Å². The lowest BCUT2D eigenvalue weighted by molar-refractivity contribution is -0.141. The van der Waals surface area contributed by atoms with Crippen molar-refractivity contribution in [2.75, 3.05) is 13.7 Å². The SMILES string of the molecule is CC[C@H](C)NC(=O)[C@H](CC)N(Cc1cccc(OC)c1)C(=O)CCCOc1ccc(C)cc1. The average molecular weight is 455 g/mol. The van der Waals surface area contributed by atoms with E-state index >= 15 is 0 Å². The summed E-state index contributed by atoms with van der Waals surface area (Å²) in [6, 6.07) is 15.0. The Morgan fingerprint density at radius 1 is 1.03 bits per heavy atom. The fraction of sp³-hybridized carbons (Fsp3) is 0.481. The second kappa shape index (κ2) is 13.5. The summed E-state index contributed by atoms with van der Waals surface area (Å²) in [4.78, 5) is 28.0. The number of aryl methyl sites for hydroxylation is 1. The summed E-state index contributed by atoms with van der Waals surface area (Å²) in [7, 11) is 1.62. The molecule has 2 amide bonds. The van der Waals surface area contributed by atoms with Crippen molar-refractivity contribution in [3.05, 3.63) is 59.7 Å². The highest BCUT2D eigenvalue weighted by atomic mass is 16.5. The summed E-state index contributed by atoms with van der Waals surface area (Å²) >= 11 is 0. The average Bonchev–Trinajstić information content (AvgIpc) is 2.82. The highest BCUT2D eigenvalue weighted by Crippen LogP contribution is 2.19. The first-order valence-electron chi connectivity index (χ1n) is 11.8. The number of ether oxygens (including phenoxy) is 2. The molecule has 33 heavy (non-hydrogen) atoms. The molecule has 0 spiro atoms. The third kappa shape index (κ3) is 8.44. The molecular weight excluding hydrogens is 416 g/mol. The molecule has 0 saturated heterocycles. The predicted octanol–water partition coefficient (Wildman–Crippen LogP) is 4.88. The molecule has 0 unspecified atom stereocenters. The van der Waals surface area contributed by atoms with Gasteiger partial charge >= 0.3 is 0 Å². The number of amides is 2. The van der Waals surface area contributed by atoms with Gasteiger partial charge in [0.05, 0.1) is 13.7 Å². The number of nitrogens with zero attached hydrogens (tertiary/aromatic N) is 1. The fourth-order valence-electron chi connectivity index (χ4n) is 3.52. The lowest BCUT2D eigenvalue weighted by atomic mass is 10.1. The number of rotatable bonds is 13. The minimum absolute atomic E-state index is 0.0585. The third-order valence-corrected chi connectivity index (χ3v) is 5.70. The summed E-state index contributed by atoms with van der Waals surface area (Å²) in [5.41, 5.74) is 2.10. The standard InChI is InChI=1S/C27H38N2O4/c1-6-21(4)28-27(31)25(7-2)29(19-22-10-8-11-24(18-22)32-5)26(30)12-9-17-33-23-15-13-20(3)14-16-23/h8,10-11,13-16,18,21,25H,6-7,9,12,17,19H2,1-5H3,(H,28,31)/t21-,25-/m0/s1. The van der Waals surface area contributed by atoms with E-state index in [2.05, 4.69) is 5.32 Å². The van der Waals surface area contributed by atoms with Crippen molar-refractivity contribution in [3.8, 4) is 11.5 Å². The van der Waals surface area contributed by atoms with Crippen molar-refractivity contribution >= 4 is 11.8 Å². The minimum Gasteiger partial charge on any atom is -0.497 e.